The van der Waals surface area contributed by atoms with Crippen LogP contribution in [0.2, 0.25) is 0 Å². The largest absolute Gasteiger partial charge is 0.494 e. The van der Waals surface area contributed by atoms with Gasteiger partial charge in [0.05, 0.1) is 13.7 Å². The van der Waals surface area contributed by atoms with Crippen LogP contribution in [0.3, 0.4) is 0 Å². The first-order chi connectivity index (χ1) is 9.55. The maximum Gasteiger partial charge on any atom is 0.325 e. The van der Waals surface area contributed by atoms with Crippen LogP contribution >= 0.6 is 0 Å². The lowest BCUT2D eigenvalue weighted by molar-refractivity contribution is -0.148. The number of aliphatic hydroxyl groups is 1. The fourth-order valence-electron chi connectivity index (χ4n) is 1.81. The zero-order chi connectivity index (χ0) is 15.0. The molecule has 5 nitrogen and oxygen atoms in total. The van der Waals surface area contributed by atoms with Crippen LogP contribution in [0.4, 0.5) is 0 Å². The molecule has 112 valence electrons. The van der Waals surface area contributed by atoms with E-state index >= 15 is 0 Å². The van der Waals surface area contributed by atoms with Gasteiger partial charge in [-0.15, -0.1) is 0 Å². The second-order valence-corrected chi connectivity index (χ2v) is 4.79. The third kappa shape index (κ3) is 4.51. The van der Waals surface area contributed by atoms with Crippen LogP contribution in [0.15, 0.2) is 24.3 Å². The normalized spacial score (nSPS) is 13.6. The van der Waals surface area contributed by atoms with Crippen molar-refractivity contribution in [1.29, 1.82) is 0 Å². The average Bonchev–Trinajstić information content (AvgIpc) is 2.48. The SMILES string of the molecule is CNC(C)(CCOc1ccc(CCO)cc1)C(=O)OC. The van der Waals surface area contributed by atoms with Crippen LogP contribution in [0, 0.1) is 0 Å². The number of aliphatic hydroxyl groups excluding tert-OH is 1. The molecule has 0 aliphatic rings. The number of hydrogen-bond acceptors (Lipinski definition) is 5. The predicted molar refractivity (Wildman–Crippen MR) is 76.8 cm³/mol. The minimum atomic E-state index is -0.744. The highest BCUT2D eigenvalue weighted by Gasteiger charge is 2.32. The average molecular weight is 281 g/mol. The van der Waals surface area contributed by atoms with Gasteiger partial charge in [0, 0.05) is 13.0 Å². The van der Waals surface area contributed by atoms with Gasteiger partial charge in [-0.25, -0.2) is 0 Å². The van der Waals surface area contributed by atoms with Crippen LogP contribution in [0.1, 0.15) is 18.9 Å². The van der Waals surface area contributed by atoms with Crippen LogP contribution in [0.25, 0.3) is 0 Å². The van der Waals surface area contributed by atoms with Gasteiger partial charge in [-0.1, -0.05) is 12.1 Å². The van der Waals surface area contributed by atoms with E-state index in [1.54, 1.807) is 14.0 Å². The molecule has 0 aromatic heterocycles. The first-order valence-electron chi connectivity index (χ1n) is 6.65. The summed E-state index contributed by atoms with van der Waals surface area (Å²) in [6.45, 7) is 2.33. The fraction of sp³-hybridized carbons (Fsp3) is 0.533. The summed E-state index contributed by atoms with van der Waals surface area (Å²) in [7, 11) is 3.10. The van der Waals surface area contributed by atoms with Gasteiger partial charge < -0.3 is 19.9 Å². The Kier molecular flexibility index (Phi) is 6.48. The summed E-state index contributed by atoms with van der Waals surface area (Å²) < 4.78 is 10.4. The van der Waals surface area contributed by atoms with E-state index in [0.29, 0.717) is 19.4 Å². The highest BCUT2D eigenvalue weighted by Crippen LogP contribution is 2.16. The quantitative estimate of drug-likeness (QED) is 0.699. The minimum Gasteiger partial charge on any atom is -0.494 e. The van der Waals surface area contributed by atoms with Crippen LogP contribution in [-0.2, 0) is 16.0 Å². The van der Waals surface area contributed by atoms with Crippen LogP contribution in [-0.4, -0.2) is 44.0 Å². The number of esters is 1. The number of ether oxygens (including phenoxy) is 2. The molecule has 20 heavy (non-hydrogen) atoms. The Morgan fingerprint density at radius 3 is 2.50 bits per heavy atom. The molecule has 0 fully saturated rings. The van der Waals surface area contributed by atoms with E-state index in [1.807, 2.05) is 24.3 Å². The molecule has 1 rings (SSSR count). The number of rotatable bonds is 8. The molecule has 0 amide bonds. The molecule has 5 heteroatoms. The van der Waals surface area contributed by atoms with Crippen molar-refractivity contribution in [2.45, 2.75) is 25.3 Å². The molecule has 1 aromatic rings. The summed E-state index contributed by atoms with van der Waals surface area (Å²) in [5.41, 5.74) is 0.320. The first kappa shape index (κ1) is 16.5. The third-order valence-corrected chi connectivity index (χ3v) is 3.38. The van der Waals surface area contributed by atoms with Gasteiger partial charge in [0.1, 0.15) is 11.3 Å². The number of carbonyl (C=O) groups is 1. The van der Waals surface area contributed by atoms with E-state index in [2.05, 4.69) is 5.32 Å². The van der Waals surface area contributed by atoms with Crippen molar-refractivity contribution in [3.63, 3.8) is 0 Å². The Balaban J connectivity index is 2.48. The summed E-state index contributed by atoms with van der Waals surface area (Å²) in [4.78, 5) is 11.7. The molecular formula is C15H23NO4. The summed E-state index contributed by atoms with van der Waals surface area (Å²) in [5.74, 6) is 0.442. The fourth-order valence-corrected chi connectivity index (χ4v) is 1.81. The van der Waals surface area contributed by atoms with Gasteiger partial charge in [0.25, 0.3) is 0 Å². The Labute approximate surface area is 119 Å². The molecule has 0 saturated carbocycles. The molecule has 0 saturated heterocycles. The monoisotopic (exact) mass is 281 g/mol. The number of likely N-dealkylation sites (N-methyl/N-ethyl adjacent to an activating group) is 1. The number of carbonyl (C=O) groups excluding carboxylic acids is 1. The molecule has 0 heterocycles. The first-order valence-corrected chi connectivity index (χ1v) is 6.65. The van der Waals surface area contributed by atoms with Gasteiger partial charge in [0.2, 0.25) is 0 Å². The highest BCUT2D eigenvalue weighted by molar-refractivity contribution is 5.80. The predicted octanol–water partition coefficient (Wildman–Crippen LogP) is 1.14. The molecule has 1 aromatic carbocycles. The molecule has 0 aliphatic heterocycles. The molecule has 0 bridgehead atoms. The van der Waals surface area contributed by atoms with Crippen LogP contribution in [0.5, 0.6) is 5.75 Å². The van der Waals surface area contributed by atoms with E-state index in [0.717, 1.165) is 11.3 Å². The number of nitrogens with one attached hydrogen (secondary N) is 1. The van der Waals surface area contributed by atoms with E-state index < -0.39 is 5.54 Å². The van der Waals surface area contributed by atoms with E-state index in [-0.39, 0.29) is 12.6 Å². The topological polar surface area (TPSA) is 67.8 Å². The maximum atomic E-state index is 11.7. The van der Waals surface area contributed by atoms with Crippen molar-refractivity contribution >= 4 is 5.97 Å². The van der Waals surface area contributed by atoms with Crippen molar-refractivity contribution < 1.29 is 19.4 Å². The second kappa shape index (κ2) is 7.87. The van der Waals surface area contributed by atoms with Crippen molar-refractivity contribution in [3.8, 4) is 5.75 Å². The van der Waals surface area contributed by atoms with Gasteiger partial charge >= 0.3 is 5.97 Å². The lowest BCUT2D eigenvalue weighted by Crippen LogP contribution is -2.49. The van der Waals surface area contributed by atoms with Gasteiger partial charge in [-0.05, 0) is 38.1 Å². The summed E-state index contributed by atoms with van der Waals surface area (Å²) in [6, 6.07) is 7.56. The van der Waals surface area contributed by atoms with Crippen molar-refractivity contribution in [2.75, 3.05) is 27.4 Å². The van der Waals surface area contributed by atoms with Crippen molar-refractivity contribution in [1.82, 2.24) is 5.32 Å². The number of benzene rings is 1. The zero-order valence-electron chi connectivity index (χ0n) is 12.3. The van der Waals surface area contributed by atoms with Gasteiger partial charge in [0.15, 0.2) is 0 Å². The molecule has 0 radical (unpaired) electrons. The Hall–Kier alpha value is -1.59. The Morgan fingerprint density at radius 1 is 1.35 bits per heavy atom. The van der Waals surface area contributed by atoms with Crippen LogP contribution < -0.4 is 10.1 Å². The molecule has 0 aliphatic carbocycles. The number of methoxy groups -OCH3 is 1. The summed E-state index contributed by atoms with van der Waals surface area (Å²) >= 11 is 0. The van der Waals surface area contributed by atoms with Gasteiger partial charge in [-0.2, -0.15) is 0 Å². The molecule has 2 N–H and O–H groups in total. The molecule has 0 spiro atoms. The highest BCUT2D eigenvalue weighted by atomic mass is 16.5. The molecule has 1 atom stereocenters. The van der Waals surface area contributed by atoms with Gasteiger partial charge in [-0.3, -0.25) is 4.79 Å². The van der Waals surface area contributed by atoms with E-state index in [9.17, 15) is 4.79 Å². The Morgan fingerprint density at radius 2 is 2.00 bits per heavy atom. The van der Waals surface area contributed by atoms with Crippen molar-refractivity contribution in [3.05, 3.63) is 29.8 Å². The minimum absolute atomic E-state index is 0.139. The smallest absolute Gasteiger partial charge is 0.325 e. The van der Waals surface area contributed by atoms with E-state index in [1.165, 1.54) is 7.11 Å². The summed E-state index contributed by atoms with van der Waals surface area (Å²) in [5, 5.41) is 11.8. The lowest BCUT2D eigenvalue weighted by Gasteiger charge is -2.25. The standard InChI is InChI=1S/C15H23NO4/c1-15(16-2,14(18)19-3)9-11-20-13-6-4-12(5-7-13)8-10-17/h4-7,16-17H,8-11H2,1-3H3. The molecular weight excluding hydrogens is 258 g/mol. The number of hydrogen-bond donors (Lipinski definition) is 2. The third-order valence-electron chi connectivity index (χ3n) is 3.38. The zero-order valence-corrected chi connectivity index (χ0v) is 12.3. The second-order valence-electron chi connectivity index (χ2n) is 4.79. The Bertz CT molecular complexity index is 418. The maximum absolute atomic E-state index is 11.7. The van der Waals surface area contributed by atoms with E-state index in [4.69, 9.17) is 14.6 Å². The van der Waals surface area contributed by atoms with Crippen molar-refractivity contribution in [2.24, 2.45) is 0 Å². The lowest BCUT2D eigenvalue weighted by atomic mass is 9.99. The molecule has 1 unspecified atom stereocenters. The summed E-state index contributed by atoms with van der Waals surface area (Å²) in [6.07, 6.45) is 1.15.